The maximum absolute atomic E-state index is 13.5. The molecule has 5 rings (SSSR count). The van der Waals surface area contributed by atoms with Crippen LogP contribution in [0.1, 0.15) is 53.4 Å². The molecule has 0 bridgehead atoms. The van der Waals surface area contributed by atoms with Gasteiger partial charge in [0.15, 0.2) is 5.78 Å². The molecule has 0 aromatic carbocycles. The van der Waals surface area contributed by atoms with Gasteiger partial charge in [0.1, 0.15) is 12.2 Å². The monoisotopic (exact) mass is 414 g/mol. The maximum atomic E-state index is 13.5. The molecule has 0 aromatic rings. The second-order valence-corrected chi connectivity index (χ2v) is 10.4. The van der Waals surface area contributed by atoms with Gasteiger partial charge in [0, 0.05) is 16.7 Å². The molecule has 2 aliphatic heterocycles. The van der Waals surface area contributed by atoms with Crippen molar-refractivity contribution in [2.45, 2.75) is 71.7 Å². The first-order valence-corrected chi connectivity index (χ1v) is 11.0. The number of rotatable bonds is 2. The summed E-state index contributed by atoms with van der Waals surface area (Å²) in [6, 6.07) is 0. The van der Waals surface area contributed by atoms with Crippen LogP contribution in [0.4, 0.5) is 0 Å². The van der Waals surface area contributed by atoms with E-state index in [1.807, 2.05) is 13.8 Å². The zero-order valence-electron chi connectivity index (χ0n) is 18.3. The average molecular weight is 414 g/mol. The standard InChI is InChI=1S/C24H30O6/c1-12-7-6-8-13-17(12)24(4)14(11-16(26)28-5)23(3)15(25)9-10-22(2)19(23)18(20(24)29-13)30-21(22)27/h9-10,13-14,18-20H,6-8,11H2,1-5H3/t13-,14?,18-,19+,20-,22-,23+,24-/m1/s1. The maximum Gasteiger partial charge on any atom is 0.316 e. The Bertz CT molecular complexity index is 917. The van der Waals surface area contributed by atoms with Crippen molar-refractivity contribution in [2.75, 3.05) is 7.11 Å². The Morgan fingerprint density at radius 1 is 1.23 bits per heavy atom. The largest absolute Gasteiger partial charge is 0.469 e. The second kappa shape index (κ2) is 6.06. The molecule has 3 aliphatic carbocycles. The van der Waals surface area contributed by atoms with E-state index in [-0.39, 0.29) is 48.2 Å². The molecule has 6 nitrogen and oxygen atoms in total. The minimum absolute atomic E-state index is 0.0423. The van der Waals surface area contributed by atoms with Crippen LogP contribution in [0.25, 0.3) is 0 Å². The first-order valence-electron chi connectivity index (χ1n) is 11.0. The molecule has 0 aromatic heterocycles. The van der Waals surface area contributed by atoms with Gasteiger partial charge in [0.2, 0.25) is 0 Å². The first-order chi connectivity index (χ1) is 14.1. The van der Waals surface area contributed by atoms with Crippen molar-refractivity contribution in [3.05, 3.63) is 23.3 Å². The van der Waals surface area contributed by atoms with E-state index in [1.54, 1.807) is 6.08 Å². The molecule has 3 fully saturated rings. The fraction of sp³-hybridized carbons (Fsp3) is 0.708. The van der Waals surface area contributed by atoms with Gasteiger partial charge in [0.05, 0.1) is 25.0 Å². The molecule has 30 heavy (non-hydrogen) atoms. The van der Waals surface area contributed by atoms with Crippen LogP contribution in [0.5, 0.6) is 0 Å². The van der Waals surface area contributed by atoms with Gasteiger partial charge in [0.25, 0.3) is 0 Å². The summed E-state index contributed by atoms with van der Waals surface area (Å²) in [6.07, 6.45) is 5.36. The van der Waals surface area contributed by atoms with Gasteiger partial charge in [-0.25, -0.2) is 0 Å². The molecular weight excluding hydrogens is 384 g/mol. The van der Waals surface area contributed by atoms with Crippen LogP contribution >= 0.6 is 0 Å². The highest BCUT2D eigenvalue weighted by molar-refractivity contribution is 6.00. The minimum Gasteiger partial charge on any atom is -0.469 e. The minimum atomic E-state index is -0.928. The van der Waals surface area contributed by atoms with Gasteiger partial charge in [-0.2, -0.15) is 0 Å². The van der Waals surface area contributed by atoms with E-state index in [0.717, 1.165) is 19.3 Å². The Balaban J connectivity index is 1.78. The molecule has 1 saturated carbocycles. The molecule has 6 heteroatoms. The lowest BCUT2D eigenvalue weighted by Gasteiger charge is -2.59. The summed E-state index contributed by atoms with van der Waals surface area (Å²) in [4.78, 5) is 39.1. The van der Waals surface area contributed by atoms with Gasteiger partial charge >= 0.3 is 11.9 Å². The molecule has 0 spiro atoms. The fourth-order valence-corrected chi connectivity index (χ4v) is 7.75. The third kappa shape index (κ3) is 2.11. The molecule has 2 saturated heterocycles. The lowest BCUT2D eigenvalue weighted by Crippen LogP contribution is -2.66. The zero-order chi connectivity index (χ0) is 21.6. The van der Waals surface area contributed by atoms with Crippen molar-refractivity contribution < 1.29 is 28.6 Å². The van der Waals surface area contributed by atoms with Gasteiger partial charge in [-0.15, -0.1) is 0 Å². The predicted octanol–water partition coefficient (Wildman–Crippen LogP) is 3.15. The normalized spacial score (nSPS) is 48.8. The summed E-state index contributed by atoms with van der Waals surface area (Å²) in [5.41, 5.74) is 0.0798. The Morgan fingerprint density at radius 3 is 2.67 bits per heavy atom. The zero-order valence-corrected chi connectivity index (χ0v) is 18.3. The average Bonchev–Trinajstić information content (AvgIpc) is 3.16. The van der Waals surface area contributed by atoms with Crippen LogP contribution < -0.4 is 0 Å². The number of carbonyl (C=O) groups excluding carboxylic acids is 3. The number of ether oxygens (including phenoxy) is 3. The lowest BCUT2D eigenvalue weighted by atomic mass is 9.41. The summed E-state index contributed by atoms with van der Waals surface area (Å²) < 4.78 is 17.7. The molecule has 5 aliphatic rings. The highest BCUT2D eigenvalue weighted by Crippen LogP contribution is 2.70. The third-order valence-corrected chi connectivity index (χ3v) is 9.04. The van der Waals surface area contributed by atoms with Crippen LogP contribution in [0.15, 0.2) is 23.3 Å². The van der Waals surface area contributed by atoms with E-state index in [1.165, 1.54) is 24.3 Å². The van der Waals surface area contributed by atoms with Crippen LogP contribution in [0.3, 0.4) is 0 Å². The van der Waals surface area contributed by atoms with Crippen molar-refractivity contribution in [3.63, 3.8) is 0 Å². The Kier molecular flexibility index (Phi) is 4.03. The van der Waals surface area contributed by atoms with E-state index in [2.05, 4.69) is 13.8 Å². The van der Waals surface area contributed by atoms with E-state index in [4.69, 9.17) is 14.2 Å². The fourth-order valence-electron chi connectivity index (χ4n) is 7.75. The van der Waals surface area contributed by atoms with Crippen molar-refractivity contribution in [3.8, 4) is 0 Å². The van der Waals surface area contributed by atoms with Crippen LogP contribution in [0, 0.1) is 28.1 Å². The van der Waals surface area contributed by atoms with Crippen LogP contribution in [-0.4, -0.2) is 43.1 Å². The topological polar surface area (TPSA) is 78.9 Å². The number of carbonyl (C=O) groups is 3. The molecule has 2 heterocycles. The van der Waals surface area contributed by atoms with Crippen LogP contribution in [-0.2, 0) is 28.6 Å². The van der Waals surface area contributed by atoms with Crippen LogP contribution in [0.2, 0.25) is 0 Å². The van der Waals surface area contributed by atoms with Gasteiger partial charge < -0.3 is 14.2 Å². The van der Waals surface area contributed by atoms with Gasteiger partial charge in [-0.3, -0.25) is 14.4 Å². The number of allylic oxidation sites excluding steroid dienone is 2. The predicted molar refractivity (Wildman–Crippen MR) is 107 cm³/mol. The van der Waals surface area contributed by atoms with Crippen molar-refractivity contribution in [1.29, 1.82) is 0 Å². The second-order valence-electron chi connectivity index (χ2n) is 10.4. The molecule has 162 valence electrons. The number of hydrogen-bond donors (Lipinski definition) is 0. The molecular formula is C24H30O6. The molecule has 8 atom stereocenters. The third-order valence-electron chi connectivity index (χ3n) is 9.04. The van der Waals surface area contributed by atoms with E-state index < -0.39 is 22.3 Å². The van der Waals surface area contributed by atoms with Gasteiger partial charge in [-0.05, 0) is 50.7 Å². The van der Waals surface area contributed by atoms with Gasteiger partial charge in [-0.1, -0.05) is 25.5 Å². The summed E-state index contributed by atoms with van der Waals surface area (Å²) in [5.74, 6) is -1.41. The van der Waals surface area contributed by atoms with Crippen molar-refractivity contribution in [2.24, 2.45) is 28.1 Å². The number of ketones is 1. The molecule has 0 radical (unpaired) electrons. The Morgan fingerprint density at radius 2 is 1.97 bits per heavy atom. The Hall–Kier alpha value is -1.95. The van der Waals surface area contributed by atoms with Crippen molar-refractivity contribution >= 4 is 17.7 Å². The molecule has 1 unspecified atom stereocenters. The summed E-state index contributed by atoms with van der Waals surface area (Å²) >= 11 is 0. The lowest BCUT2D eigenvalue weighted by molar-refractivity contribution is -0.189. The number of hydrogen-bond acceptors (Lipinski definition) is 6. The number of fused-ring (bicyclic) bond motifs is 4. The van der Waals surface area contributed by atoms with E-state index >= 15 is 0 Å². The molecule has 0 N–H and O–H groups in total. The number of methoxy groups -OCH3 is 1. The quantitative estimate of drug-likeness (QED) is 0.510. The summed E-state index contributed by atoms with van der Waals surface area (Å²) in [6.45, 7) is 8.03. The summed E-state index contributed by atoms with van der Waals surface area (Å²) in [5, 5.41) is 0. The SMILES string of the molecule is COC(=O)CC1[C@]2(C)C3=C(C)CCC[C@H]3O[C@@H]2[C@@H]2OC(=O)[C@]3(C)C=CC(=O)[C@@]1(C)[C@@H]23. The smallest absolute Gasteiger partial charge is 0.316 e. The van der Waals surface area contributed by atoms with E-state index in [0.29, 0.717) is 0 Å². The number of esters is 2. The Labute approximate surface area is 177 Å². The molecule has 0 amide bonds. The van der Waals surface area contributed by atoms with E-state index in [9.17, 15) is 14.4 Å². The summed E-state index contributed by atoms with van der Waals surface area (Å²) in [7, 11) is 1.38. The van der Waals surface area contributed by atoms with Crippen molar-refractivity contribution in [1.82, 2.24) is 0 Å². The highest BCUT2D eigenvalue weighted by Gasteiger charge is 2.77. The highest BCUT2D eigenvalue weighted by atomic mass is 16.6. The first kappa shape index (κ1) is 20.0.